The summed E-state index contributed by atoms with van der Waals surface area (Å²) in [7, 11) is 3.98. The van der Waals surface area contributed by atoms with Gasteiger partial charge >= 0.3 is 0 Å². The van der Waals surface area contributed by atoms with Crippen LogP contribution in [0.15, 0.2) is 55.2 Å². The lowest BCUT2D eigenvalue weighted by Gasteiger charge is -2.21. The first-order valence-corrected chi connectivity index (χ1v) is 13.0. The molecule has 1 N–H and O–H groups in total. The minimum Gasteiger partial charge on any atom is -0.381 e. The molecule has 0 aliphatic carbocycles. The molecule has 0 saturated carbocycles. The zero-order valence-electron chi connectivity index (χ0n) is 21.9. The van der Waals surface area contributed by atoms with E-state index in [1.165, 1.54) is 18.4 Å². The van der Waals surface area contributed by atoms with Crippen molar-refractivity contribution in [1.29, 1.82) is 0 Å². The molecule has 3 aromatic rings. The van der Waals surface area contributed by atoms with Gasteiger partial charge in [-0.15, -0.1) is 0 Å². The van der Waals surface area contributed by atoms with Crippen molar-refractivity contribution < 1.29 is 4.39 Å². The molecule has 2 heterocycles. The van der Waals surface area contributed by atoms with Crippen LogP contribution in [0.2, 0.25) is 0 Å². The summed E-state index contributed by atoms with van der Waals surface area (Å²) in [5, 5.41) is 4.12. The van der Waals surface area contributed by atoms with Gasteiger partial charge in [0.15, 0.2) is 0 Å². The molecule has 1 aliphatic heterocycles. The summed E-state index contributed by atoms with van der Waals surface area (Å²) in [6.45, 7) is 11.8. The lowest BCUT2D eigenvalue weighted by atomic mass is 10.0. The molecule has 4 nitrogen and oxygen atoms in total. The van der Waals surface area contributed by atoms with Crippen LogP contribution in [0.25, 0.3) is 22.2 Å². The van der Waals surface area contributed by atoms with Gasteiger partial charge < -0.3 is 15.1 Å². The predicted molar refractivity (Wildman–Crippen MR) is 149 cm³/mol. The molecule has 0 atom stereocenters. The van der Waals surface area contributed by atoms with E-state index in [0.29, 0.717) is 6.42 Å². The quantitative estimate of drug-likeness (QED) is 0.360. The van der Waals surface area contributed by atoms with Gasteiger partial charge in [-0.3, -0.25) is 0 Å². The summed E-state index contributed by atoms with van der Waals surface area (Å²) in [4.78, 5) is 9.32. The smallest absolute Gasteiger partial charge is 0.127 e. The third-order valence-electron chi connectivity index (χ3n) is 6.74. The highest BCUT2D eigenvalue weighted by atomic mass is 19.1. The Morgan fingerprint density at radius 1 is 1.11 bits per heavy atom. The zero-order valence-corrected chi connectivity index (χ0v) is 21.9. The standard InChI is InChI=1S/C25H30FN3.C5H11N/c1-3-19-15-24-21(16-22(19)26)25(29-13-4-5-14-29)17-23(28-24)20-10-8-18(9-11-20)7-6-12-27-2;1-4-6(3)5-2/h8-11,15-17,27H,3-7,12-14H2,1-2H3;4H,1,5H2,2-3H3. The highest BCUT2D eigenvalue weighted by molar-refractivity contribution is 5.95. The first kappa shape index (κ1) is 26.7. The zero-order chi connectivity index (χ0) is 25.2. The van der Waals surface area contributed by atoms with Crippen molar-refractivity contribution in [2.24, 2.45) is 0 Å². The summed E-state index contributed by atoms with van der Waals surface area (Å²) in [5.74, 6) is -0.124. The van der Waals surface area contributed by atoms with Crippen LogP contribution in [0.4, 0.5) is 10.1 Å². The number of anilines is 1. The molecular formula is C30H41FN4. The maximum Gasteiger partial charge on any atom is 0.127 e. The molecular weight excluding hydrogens is 435 g/mol. The third-order valence-corrected chi connectivity index (χ3v) is 6.74. The van der Waals surface area contributed by atoms with E-state index < -0.39 is 0 Å². The molecule has 188 valence electrons. The number of hydrogen-bond donors (Lipinski definition) is 1. The van der Waals surface area contributed by atoms with Crippen molar-refractivity contribution in [3.8, 4) is 11.3 Å². The maximum atomic E-state index is 14.5. The van der Waals surface area contributed by atoms with Crippen molar-refractivity contribution >= 4 is 16.6 Å². The van der Waals surface area contributed by atoms with Crippen molar-refractivity contribution in [2.45, 2.75) is 46.0 Å². The number of halogens is 1. The maximum absolute atomic E-state index is 14.5. The lowest BCUT2D eigenvalue weighted by molar-refractivity contribution is 0.486. The highest BCUT2D eigenvalue weighted by Gasteiger charge is 2.18. The largest absolute Gasteiger partial charge is 0.381 e. The van der Waals surface area contributed by atoms with Gasteiger partial charge in [-0.1, -0.05) is 37.8 Å². The first-order valence-electron chi connectivity index (χ1n) is 13.0. The van der Waals surface area contributed by atoms with Crippen molar-refractivity contribution in [3.63, 3.8) is 0 Å². The second-order valence-electron chi connectivity index (χ2n) is 9.19. The van der Waals surface area contributed by atoms with Crippen molar-refractivity contribution in [1.82, 2.24) is 15.2 Å². The second kappa shape index (κ2) is 13.2. The summed E-state index contributed by atoms with van der Waals surface area (Å²) in [6.07, 6.45) is 7.07. The minimum absolute atomic E-state index is 0.124. The molecule has 35 heavy (non-hydrogen) atoms. The van der Waals surface area contributed by atoms with Crippen LogP contribution in [0.3, 0.4) is 0 Å². The highest BCUT2D eigenvalue weighted by Crippen LogP contribution is 2.34. The number of rotatable bonds is 9. The van der Waals surface area contributed by atoms with E-state index in [1.54, 1.807) is 12.3 Å². The van der Waals surface area contributed by atoms with Gasteiger partial charge in [0.2, 0.25) is 0 Å². The molecule has 1 saturated heterocycles. The van der Waals surface area contributed by atoms with Gasteiger partial charge in [0.25, 0.3) is 0 Å². The Kier molecular flexibility index (Phi) is 10.1. The summed E-state index contributed by atoms with van der Waals surface area (Å²) in [5.41, 5.74) is 6.17. The van der Waals surface area contributed by atoms with Crippen LogP contribution in [-0.4, -0.2) is 50.2 Å². The van der Waals surface area contributed by atoms with E-state index in [4.69, 9.17) is 4.98 Å². The van der Waals surface area contributed by atoms with Crippen molar-refractivity contribution in [2.75, 3.05) is 45.2 Å². The van der Waals surface area contributed by atoms with Gasteiger partial charge in [0.05, 0.1) is 11.2 Å². The van der Waals surface area contributed by atoms with E-state index in [-0.39, 0.29) is 5.82 Å². The first-order chi connectivity index (χ1) is 17.0. The minimum atomic E-state index is -0.124. The number of fused-ring (bicyclic) bond motifs is 1. The van der Waals surface area contributed by atoms with Gasteiger partial charge in [0, 0.05) is 43.3 Å². The van der Waals surface area contributed by atoms with Gasteiger partial charge in [-0.05, 0) is 88.1 Å². The van der Waals surface area contributed by atoms with E-state index in [1.807, 2.05) is 32.0 Å². The fraction of sp³-hybridized carbons (Fsp3) is 0.433. The number of benzene rings is 2. The van der Waals surface area contributed by atoms with E-state index in [0.717, 1.165) is 72.4 Å². The Balaban J connectivity index is 0.000000509. The summed E-state index contributed by atoms with van der Waals surface area (Å²) in [6, 6.07) is 14.5. The third kappa shape index (κ3) is 7.04. The monoisotopic (exact) mass is 476 g/mol. The Labute approximate surface area is 210 Å². The lowest BCUT2D eigenvalue weighted by Crippen LogP contribution is -2.18. The number of aryl methyl sites for hydroxylation is 2. The fourth-order valence-corrected chi connectivity index (χ4v) is 4.35. The fourth-order valence-electron chi connectivity index (χ4n) is 4.35. The Morgan fingerprint density at radius 2 is 1.83 bits per heavy atom. The Hall–Kier alpha value is -2.92. The van der Waals surface area contributed by atoms with Crippen molar-refractivity contribution in [3.05, 3.63) is 72.2 Å². The van der Waals surface area contributed by atoms with Gasteiger partial charge in [-0.25, -0.2) is 9.37 Å². The van der Waals surface area contributed by atoms with E-state index >= 15 is 0 Å². The average molecular weight is 477 g/mol. The van der Waals surface area contributed by atoms with Gasteiger partial charge in [-0.2, -0.15) is 0 Å². The second-order valence-corrected chi connectivity index (χ2v) is 9.19. The van der Waals surface area contributed by atoms with Crippen LogP contribution in [0.5, 0.6) is 0 Å². The van der Waals surface area contributed by atoms with Crippen LogP contribution >= 0.6 is 0 Å². The molecule has 0 amide bonds. The van der Waals surface area contributed by atoms with Crippen LogP contribution in [-0.2, 0) is 12.8 Å². The topological polar surface area (TPSA) is 31.4 Å². The molecule has 4 rings (SSSR count). The molecule has 1 aliphatic rings. The molecule has 1 fully saturated rings. The summed E-state index contributed by atoms with van der Waals surface area (Å²) < 4.78 is 14.5. The molecule has 0 radical (unpaired) electrons. The SMILES string of the molecule is C=CN(C)CC.CCc1cc2nc(-c3ccc(CCCNC)cc3)cc(N3CCCC3)c2cc1F. The van der Waals surface area contributed by atoms with Crippen LogP contribution < -0.4 is 10.2 Å². The van der Waals surface area contributed by atoms with Crippen LogP contribution in [0.1, 0.15) is 44.2 Å². The number of nitrogens with zero attached hydrogens (tertiary/aromatic N) is 3. The normalized spacial score (nSPS) is 13.0. The number of pyridine rings is 1. The van der Waals surface area contributed by atoms with Gasteiger partial charge in [0.1, 0.15) is 5.82 Å². The molecule has 2 aromatic carbocycles. The van der Waals surface area contributed by atoms with E-state index in [2.05, 4.69) is 54.1 Å². The Morgan fingerprint density at radius 3 is 2.40 bits per heavy atom. The molecule has 0 spiro atoms. The predicted octanol–water partition coefficient (Wildman–Crippen LogP) is 6.44. The molecule has 1 aromatic heterocycles. The average Bonchev–Trinajstić information content (AvgIpc) is 3.43. The number of hydrogen-bond acceptors (Lipinski definition) is 4. The van der Waals surface area contributed by atoms with E-state index in [9.17, 15) is 4.39 Å². The number of aromatic nitrogens is 1. The number of nitrogens with one attached hydrogen (secondary N) is 1. The molecule has 0 unspecified atom stereocenters. The summed E-state index contributed by atoms with van der Waals surface area (Å²) >= 11 is 0. The Bertz CT molecular complexity index is 1090. The molecule has 5 heteroatoms. The van der Waals surface area contributed by atoms with Crippen LogP contribution in [0, 0.1) is 5.82 Å². The molecule has 0 bridgehead atoms.